The van der Waals surface area contributed by atoms with E-state index >= 15 is 0 Å². The molecule has 1 aromatic heterocycles. The van der Waals surface area contributed by atoms with E-state index in [1.54, 1.807) is 25.1 Å². The van der Waals surface area contributed by atoms with Gasteiger partial charge >= 0.3 is 12.1 Å². The van der Waals surface area contributed by atoms with Gasteiger partial charge < -0.3 is 9.47 Å². The van der Waals surface area contributed by atoms with Crippen LogP contribution in [0.15, 0.2) is 42.5 Å². The maximum Gasteiger partial charge on any atom is 0.416 e. The highest BCUT2D eigenvalue weighted by Gasteiger charge is 2.31. The molecular weight excluding hydrogens is 371 g/mol. The Morgan fingerprint density at radius 2 is 1.89 bits per heavy atom. The minimum absolute atomic E-state index is 0.265. The van der Waals surface area contributed by atoms with E-state index in [2.05, 4.69) is 4.98 Å². The summed E-state index contributed by atoms with van der Waals surface area (Å²) >= 11 is 0. The number of esters is 1. The maximum absolute atomic E-state index is 13.1. The molecule has 0 unspecified atom stereocenters. The number of halogens is 3. The van der Waals surface area contributed by atoms with Crippen molar-refractivity contribution in [3.63, 3.8) is 0 Å². The Labute approximate surface area is 159 Å². The molecule has 1 heterocycles. The summed E-state index contributed by atoms with van der Waals surface area (Å²) in [6.07, 6.45) is -4.48. The maximum atomic E-state index is 13.1. The van der Waals surface area contributed by atoms with Gasteiger partial charge in [-0.3, -0.25) is 0 Å². The summed E-state index contributed by atoms with van der Waals surface area (Å²) in [5.74, 6) is -0.0283. The van der Waals surface area contributed by atoms with Crippen LogP contribution in [0.1, 0.15) is 28.4 Å². The summed E-state index contributed by atoms with van der Waals surface area (Å²) in [5.41, 5.74) is 0.915. The molecule has 7 heteroatoms. The van der Waals surface area contributed by atoms with Gasteiger partial charge in [0.1, 0.15) is 5.75 Å². The van der Waals surface area contributed by atoms with Crippen molar-refractivity contribution in [1.82, 2.24) is 4.98 Å². The predicted octanol–water partition coefficient (Wildman–Crippen LogP) is 5.41. The van der Waals surface area contributed by atoms with Gasteiger partial charge in [0.05, 0.1) is 36.1 Å². The normalized spacial score (nSPS) is 11.5. The standard InChI is InChI=1S/C21H18F3NO3/c1-4-28-15-8-9-16-17(11-15)25-19(12(2)18(16)20(26)27-3)13-6-5-7-14(10-13)21(22,23)24/h5-11H,4H2,1-3H3. The van der Waals surface area contributed by atoms with Crippen molar-refractivity contribution in [2.75, 3.05) is 13.7 Å². The Morgan fingerprint density at radius 3 is 2.54 bits per heavy atom. The Bertz CT molecular complexity index is 1040. The average Bonchev–Trinajstić information content (AvgIpc) is 2.67. The molecule has 0 aliphatic carbocycles. The first kappa shape index (κ1) is 19.7. The number of nitrogens with zero attached hydrogens (tertiary/aromatic N) is 1. The number of hydrogen-bond acceptors (Lipinski definition) is 4. The van der Waals surface area contributed by atoms with Crippen molar-refractivity contribution < 1.29 is 27.4 Å². The Hall–Kier alpha value is -3.09. The molecule has 0 atom stereocenters. The molecule has 146 valence electrons. The van der Waals surface area contributed by atoms with E-state index < -0.39 is 17.7 Å². The van der Waals surface area contributed by atoms with Gasteiger partial charge in [-0.05, 0) is 43.7 Å². The highest BCUT2D eigenvalue weighted by molar-refractivity contribution is 6.06. The van der Waals surface area contributed by atoms with Crippen molar-refractivity contribution in [2.45, 2.75) is 20.0 Å². The zero-order chi connectivity index (χ0) is 20.5. The van der Waals surface area contributed by atoms with Crippen LogP contribution in [0.3, 0.4) is 0 Å². The quantitative estimate of drug-likeness (QED) is 0.560. The summed E-state index contributed by atoms with van der Waals surface area (Å²) in [5, 5.41) is 0.545. The van der Waals surface area contributed by atoms with E-state index in [0.717, 1.165) is 12.1 Å². The van der Waals surface area contributed by atoms with Crippen molar-refractivity contribution in [3.8, 4) is 17.0 Å². The molecule has 0 amide bonds. The minimum atomic E-state index is -4.48. The topological polar surface area (TPSA) is 48.4 Å². The molecule has 3 rings (SSSR count). The largest absolute Gasteiger partial charge is 0.494 e. The Balaban J connectivity index is 2.30. The molecule has 0 bridgehead atoms. The number of fused-ring (bicyclic) bond motifs is 1. The van der Waals surface area contributed by atoms with Crippen LogP contribution in [0.2, 0.25) is 0 Å². The van der Waals surface area contributed by atoms with Crippen molar-refractivity contribution in [3.05, 3.63) is 59.2 Å². The monoisotopic (exact) mass is 389 g/mol. The fourth-order valence-electron chi connectivity index (χ4n) is 3.09. The van der Waals surface area contributed by atoms with Gasteiger partial charge in [0, 0.05) is 17.0 Å². The van der Waals surface area contributed by atoms with Gasteiger partial charge in [-0.15, -0.1) is 0 Å². The number of rotatable bonds is 4. The molecule has 3 aromatic rings. The van der Waals surface area contributed by atoms with Crippen molar-refractivity contribution in [1.29, 1.82) is 0 Å². The van der Waals surface area contributed by atoms with Gasteiger partial charge in [-0.25, -0.2) is 9.78 Å². The van der Waals surface area contributed by atoms with Crippen LogP contribution in [0.4, 0.5) is 13.2 Å². The Kier molecular flexibility index (Phi) is 5.27. The van der Waals surface area contributed by atoms with Gasteiger partial charge in [0.15, 0.2) is 0 Å². The second-order valence-electron chi connectivity index (χ2n) is 6.14. The highest BCUT2D eigenvalue weighted by atomic mass is 19.4. The molecule has 0 fully saturated rings. The number of benzene rings is 2. The molecule has 0 radical (unpaired) electrons. The zero-order valence-corrected chi connectivity index (χ0v) is 15.6. The second kappa shape index (κ2) is 7.50. The van der Waals surface area contributed by atoms with Crippen LogP contribution < -0.4 is 4.74 Å². The number of hydrogen-bond donors (Lipinski definition) is 0. The number of methoxy groups -OCH3 is 1. The molecule has 4 nitrogen and oxygen atoms in total. The summed E-state index contributed by atoms with van der Waals surface area (Å²) in [7, 11) is 1.26. The molecular formula is C21H18F3NO3. The van der Waals surface area contributed by atoms with Crippen molar-refractivity contribution in [2.24, 2.45) is 0 Å². The van der Waals surface area contributed by atoms with Crippen LogP contribution in [0.25, 0.3) is 22.2 Å². The van der Waals surface area contributed by atoms with Crippen LogP contribution in [0.5, 0.6) is 5.75 Å². The lowest BCUT2D eigenvalue weighted by molar-refractivity contribution is -0.137. The molecule has 0 saturated heterocycles. The first-order valence-corrected chi connectivity index (χ1v) is 8.59. The third-order valence-electron chi connectivity index (χ3n) is 4.36. The van der Waals surface area contributed by atoms with E-state index in [9.17, 15) is 18.0 Å². The summed E-state index contributed by atoms with van der Waals surface area (Å²) < 4.78 is 49.7. The van der Waals surface area contributed by atoms with E-state index in [-0.39, 0.29) is 16.8 Å². The third-order valence-corrected chi connectivity index (χ3v) is 4.36. The number of aromatic nitrogens is 1. The lowest BCUT2D eigenvalue weighted by Crippen LogP contribution is -2.09. The molecule has 0 aliphatic rings. The number of alkyl halides is 3. The molecule has 0 N–H and O–H groups in total. The molecule has 2 aromatic carbocycles. The first-order chi connectivity index (χ1) is 13.3. The third kappa shape index (κ3) is 3.65. The lowest BCUT2D eigenvalue weighted by atomic mass is 9.96. The first-order valence-electron chi connectivity index (χ1n) is 8.59. The summed E-state index contributed by atoms with van der Waals surface area (Å²) in [4.78, 5) is 16.9. The van der Waals surface area contributed by atoms with Crippen LogP contribution in [-0.4, -0.2) is 24.7 Å². The number of pyridine rings is 1. The fourth-order valence-corrected chi connectivity index (χ4v) is 3.09. The molecule has 0 saturated carbocycles. The highest BCUT2D eigenvalue weighted by Crippen LogP contribution is 2.35. The van der Waals surface area contributed by atoms with Gasteiger partial charge in [-0.2, -0.15) is 13.2 Å². The van der Waals surface area contributed by atoms with Crippen LogP contribution in [-0.2, 0) is 10.9 Å². The number of carbonyl (C=O) groups excluding carboxylic acids is 1. The number of ether oxygens (including phenoxy) is 2. The van der Waals surface area contributed by atoms with E-state index in [1.165, 1.54) is 19.2 Å². The fraction of sp³-hybridized carbons (Fsp3) is 0.238. The van der Waals surface area contributed by atoms with Crippen LogP contribution >= 0.6 is 0 Å². The van der Waals surface area contributed by atoms with Gasteiger partial charge in [-0.1, -0.05) is 12.1 Å². The zero-order valence-electron chi connectivity index (χ0n) is 15.6. The van der Waals surface area contributed by atoms with Gasteiger partial charge in [0.25, 0.3) is 0 Å². The smallest absolute Gasteiger partial charge is 0.416 e. The predicted molar refractivity (Wildman–Crippen MR) is 99.4 cm³/mol. The van der Waals surface area contributed by atoms with E-state index in [0.29, 0.717) is 28.8 Å². The van der Waals surface area contributed by atoms with E-state index in [1.807, 2.05) is 6.92 Å². The minimum Gasteiger partial charge on any atom is -0.494 e. The van der Waals surface area contributed by atoms with Gasteiger partial charge in [0.2, 0.25) is 0 Å². The molecule has 28 heavy (non-hydrogen) atoms. The number of carbonyl (C=O) groups is 1. The summed E-state index contributed by atoms with van der Waals surface area (Å²) in [6.45, 7) is 3.92. The lowest BCUT2D eigenvalue weighted by Gasteiger charge is -2.15. The molecule has 0 spiro atoms. The average molecular weight is 389 g/mol. The Morgan fingerprint density at radius 1 is 1.14 bits per heavy atom. The second-order valence-corrected chi connectivity index (χ2v) is 6.14. The van der Waals surface area contributed by atoms with Crippen LogP contribution in [0, 0.1) is 6.92 Å². The van der Waals surface area contributed by atoms with E-state index in [4.69, 9.17) is 9.47 Å². The SMILES string of the molecule is CCOc1ccc2c(C(=O)OC)c(C)c(-c3cccc(C(F)(F)F)c3)nc2c1. The summed E-state index contributed by atoms with van der Waals surface area (Å²) in [6, 6.07) is 9.93. The molecule has 0 aliphatic heterocycles. The van der Waals surface area contributed by atoms with Crippen molar-refractivity contribution >= 4 is 16.9 Å².